The zero-order chi connectivity index (χ0) is 37.9. The second-order valence-corrected chi connectivity index (χ2v) is 22.9. The number of hydrogen-bond acceptors (Lipinski definition) is 5. The number of fused-ring (bicyclic) bond motifs is 8. The summed E-state index contributed by atoms with van der Waals surface area (Å²) >= 11 is 0. The van der Waals surface area contributed by atoms with E-state index in [9.17, 15) is 5.11 Å². The zero-order valence-corrected chi connectivity index (χ0v) is 36.4. The number of aromatic hydroxyl groups is 1. The zero-order valence-electron chi connectivity index (χ0n) is 34.8. The molecule has 4 saturated carbocycles. The molecule has 3 spiro atoms. The summed E-state index contributed by atoms with van der Waals surface area (Å²) < 4.78 is 0. The Morgan fingerprint density at radius 1 is 0.891 bits per heavy atom. The molecule has 6 aliphatic rings. The average Bonchev–Trinajstić information content (AvgIpc) is 3.74. The van der Waals surface area contributed by atoms with Gasteiger partial charge in [0.15, 0.2) is 0 Å². The first kappa shape index (κ1) is 40.4. The fourth-order valence-electron chi connectivity index (χ4n) is 14.0. The Morgan fingerprint density at radius 3 is 2.55 bits per heavy atom. The monoisotopic (exact) mass is 783 g/mol. The van der Waals surface area contributed by atoms with E-state index in [1.54, 1.807) is 0 Å². The normalized spacial score (nSPS) is 36.2. The molecule has 3 N–H and O–H groups in total. The van der Waals surface area contributed by atoms with Crippen LogP contribution in [0.25, 0.3) is 0 Å². The first-order valence-corrected chi connectivity index (χ1v) is 25.5. The summed E-state index contributed by atoms with van der Waals surface area (Å²) in [6.45, 7) is 10.6. The number of allylic oxidation sites excluding steroid dienone is 2. The van der Waals surface area contributed by atoms with Gasteiger partial charge in [-0.05, 0) is 190 Å². The highest BCUT2D eigenvalue weighted by molar-refractivity contribution is 8.76. The molecule has 2 aromatic rings. The summed E-state index contributed by atoms with van der Waals surface area (Å²) in [6.07, 6.45) is 30.1. The molecule has 0 amide bonds. The minimum atomic E-state index is 0.350. The van der Waals surface area contributed by atoms with Crippen LogP contribution in [0.4, 0.5) is 0 Å². The van der Waals surface area contributed by atoms with Crippen molar-refractivity contribution in [2.45, 2.75) is 149 Å². The lowest BCUT2D eigenvalue weighted by Crippen LogP contribution is -2.52. The number of hydrogen-bond donors (Lipinski definition) is 3. The fraction of sp³-hybridized carbons (Fsp3) is 0.720. The maximum atomic E-state index is 11.3. The molecule has 302 valence electrons. The molecule has 5 aliphatic carbocycles. The Kier molecular flexibility index (Phi) is 13.1. The maximum Gasteiger partial charge on any atom is 0.116 e. The van der Waals surface area contributed by atoms with Gasteiger partial charge in [-0.25, -0.2) is 0 Å². The molecule has 5 heteroatoms. The molecule has 2 aromatic carbocycles. The van der Waals surface area contributed by atoms with Crippen LogP contribution in [0.3, 0.4) is 0 Å². The van der Waals surface area contributed by atoms with E-state index in [1.807, 2.05) is 6.07 Å². The standard InChI is InChI=1S/C50H74N2OS2/c1-4-5-6-11-19-51-31-44-28-48(34-49(44)16-9-10-17-49)29-46-43-22-39-20-38(24-45(53)25-39)21-41-14-7-8-15-42(41)30-52-37(3)32-54-55-33-40(23-43)26-47(46)50(35-48)18-12-13-36(2)27-50/h7-8,12,14-15,18,20,24-25,36-37,40,43-44,46-47,51-53H,4-6,9-11,13,16-17,19,21-23,26-35H2,1-3H3/t36-,37-,40+,43-,44+,46-,47+,48+,50-/m0/s1. The predicted molar refractivity (Wildman–Crippen MR) is 238 cm³/mol. The first-order valence-electron chi connectivity index (χ1n) is 23.0. The molecule has 3 nitrogen and oxygen atoms in total. The fourth-order valence-corrected chi connectivity index (χ4v) is 16.7. The average molecular weight is 783 g/mol. The van der Waals surface area contributed by atoms with Crippen LogP contribution in [0, 0.1) is 51.8 Å². The van der Waals surface area contributed by atoms with Gasteiger partial charge >= 0.3 is 0 Å². The van der Waals surface area contributed by atoms with Crippen LogP contribution < -0.4 is 10.6 Å². The number of phenols is 1. The maximum absolute atomic E-state index is 11.3. The number of unbranched alkanes of at least 4 members (excludes halogenated alkanes) is 3. The van der Waals surface area contributed by atoms with Gasteiger partial charge in [-0.3, -0.25) is 0 Å². The molecule has 4 bridgehead atoms. The number of benzene rings is 2. The number of phenolic OH excluding ortho intramolecular Hbond substituents is 1. The van der Waals surface area contributed by atoms with Crippen molar-refractivity contribution in [2.24, 2.45) is 51.8 Å². The lowest BCUT2D eigenvalue weighted by molar-refractivity contribution is -0.0844. The molecule has 8 rings (SSSR count). The highest BCUT2D eigenvalue weighted by Gasteiger charge is 2.63. The quantitative estimate of drug-likeness (QED) is 0.148. The molecule has 1 heterocycles. The van der Waals surface area contributed by atoms with Crippen molar-refractivity contribution in [1.29, 1.82) is 0 Å². The highest BCUT2D eigenvalue weighted by atomic mass is 33.1. The first-order chi connectivity index (χ1) is 26.8. The van der Waals surface area contributed by atoms with E-state index >= 15 is 0 Å². The van der Waals surface area contributed by atoms with Crippen LogP contribution in [0.2, 0.25) is 0 Å². The van der Waals surface area contributed by atoms with Crippen molar-refractivity contribution in [3.8, 4) is 5.75 Å². The SMILES string of the molecule is CCCCCCNC[C@H]1C[C@@]2(C[C@H]3[C@H]4Cc5cc(O)cc(c5)Cc5ccccc5CN[C@@H](C)CSSC[C@H](C4)C[C@H]3[C@]3(C=CC[C@H](C)C3)C2)CC12CCCC2. The molecule has 0 saturated heterocycles. The van der Waals surface area contributed by atoms with Crippen molar-refractivity contribution in [2.75, 3.05) is 24.6 Å². The van der Waals surface area contributed by atoms with Crippen LogP contribution in [0.15, 0.2) is 54.6 Å². The molecular formula is C50H74N2OS2. The van der Waals surface area contributed by atoms with E-state index in [4.69, 9.17) is 0 Å². The highest BCUT2D eigenvalue weighted by Crippen LogP contribution is 2.72. The summed E-state index contributed by atoms with van der Waals surface area (Å²) in [5.74, 6) is 7.52. The Hall–Kier alpha value is -1.40. The van der Waals surface area contributed by atoms with Crippen LogP contribution in [0.1, 0.15) is 146 Å². The third-order valence-corrected chi connectivity index (χ3v) is 18.8. The smallest absolute Gasteiger partial charge is 0.116 e. The number of nitrogens with one attached hydrogen (secondary N) is 2. The van der Waals surface area contributed by atoms with Gasteiger partial charge in [-0.1, -0.05) is 110 Å². The second kappa shape index (κ2) is 17.8. The Balaban J connectivity index is 1.12. The van der Waals surface area contributed by atoms with E-state index in [0.717, 1.165) is 54.7 Å². The van der Waals surface area contributed by atoms with E-state index in [2.05, 4.69) is 102 Å². The molecule has 1 aliphatic heterocycles. The van der Waals surface area contributed by atoms with Gasteiger partial charge in [-0.2, -0.15) is 0 Å². The van der Waals surface area contributed by atoms with Crippen LogP contribution in [-0.2, 0) is 19.4 Å². The predicted octanol–water partition coefficient (Wildman–Crippen LogP) is 12.6. The van der Waals surface area contributed by atoms with Gasteiger partial charge in [0.05, 0.1) is 0 Å². The van der Waals surface area contributed by atoms with Crippen molar-refractivity contribution in [3.05, 3.63) is 76.9 Å². The second-order valence-electron chi connectivity index (χ2n) is 20.3. The van der Waals surface area contributed by atoms with E-state index in [-0.39, 0.29) is 0 Å². The lowest BCUT2D eigenvalue weighted by atomic mass is 9.44. The third kappa shape index (κ3) is 9.26. The van der Waals surface area contributed by atoms with Gasteiger partial charge in [0.25, 0.3) is 0 Å². The summed E-state index contributed by atoms with van der Waals surface area (Å²) in [5.41, 5.74) is 6.80. The van der Waals surface area contributed by atoms with Gasteiger partial charge < -0.3 is 15.7 Å². The summed E-state index contributed by atoms with van der Waals surface area (Å²) in [6, 6.07) is 16.1. The molecule has 0 aromatic heterocycles. The molecule has 9 atom stereocenters. The van der Waals surface area contributed by atoms with E-state index < -0.39 is 0 Å². The Morgan fingerprint density at radius 2 is 1.71 bits per heavy atom. The van der Waals surface area contributed by atoms with Crippen LogP contribution >= 0.6 is 21.6 Å². The Bertz CT molecular complexity index is 1600. The topological polar surface area (TPSA) is 44.3 Å². The Labute approximate surface area is 343 Å². The summed E-state index contributed by atoms with van der Waals surface area (Å²) in [7, 11) is 4.27. The molecule has 0 radical (unpaired) electrons. The molecule has 55 heavy (non-hydrogen) atoms. The molecular weight excluding hydrogens is 709 g/mol. The van der Waals surface area contributed by atoms with Crippen molar-refractivity contribution < 1.29 is 5.11 Å². The van der Waals surface area contributed by atoms with Gasteiger partial charge in [0.2, 0.25) is 0 Å². The van der Waals surface area contributed by atoms with Crippen molar-refractivity contribution in [3.63, 3.8) is 0 Å². The summed E-state index contributed by atoms with van der Waals surface area (Å²) in [5, 5.41) is 19.2. The van der Waals surface area contributed by atoms with Crippen LogP contribution in [-0.4, -0.2) is 35.7 Å². The minimum absolute atomic E-state index is 0.350. The van der Waals surface area contributed by atoms with Crippen LogP contribution in [0.5, 0.6) is 5.75 Å². The van der Waals surface area contributed by atoms with Crippen molar-refractivity contribution in [1.82, 2.24) is 10.6 Å². The summed E-state index contributed by atoms with van der Waals surface area (Å²) in [4.78, 5) is 0. The number of rotatable bonds is 7. The van der Waals surface area contributed by atoms with Gasteiger partial charge in [0, 0.05) is 24.1 Å². The third-order valence-electron chi connectivity index (χ3n) is 16.0. The minimum Gasteiger partial charge on any atom is -0.508 e. The van der Waals surface area contributed by atoms with Crippen molar-refractivity contribution >= 4 is 21.6 Å². The van der Waals surface area contributed by atoms with E-state index in [0.29, 0.717) is 34.0 Å². The van der Waals surface area contributed by atoms with E-state index in [1.165, 1.54) is 144 Å². The molecule has 0 unspecified atom stereocenters. The molecule has 4 fully saturated rings. The largest absolute Gasteiger partial charge is 0.508 e. The lowest BCUT2D eigenvalue weighted by Gasteiger charge is -2.61. The van der Waals surface area contributed by atoms with Gasteiger partial charge in [0.1, 0.15) is 5.75 Å². The van der Waals surface area contributed by atoms with Gasteiger partial charge in [-0.15, -0.1) is 0 Å².